The molecule has 0 amide bonds. The molecule has 3 N–H and O–H groups in total. The first kappa shape index (κ1) is 15.8. The summed E-state index contributed by atoms with van der Waals surface area (Å²) in [6.07, 6.45) is -5.63. The van der Waals surface area contributed by atoms with Crippen molar-refractivity contribution in [2.45, 2.75) is 31.3 Å². The molecule has 0 unspecified atom stereocenters. The maximum atomic E-state index is 12.0. The largest absolute Gasteiger partial charge is 0.397 e. The summed E-state index contributed by atoms with van der Waals surface area (Å²) in [4.78, 5) is -0.158. The van der Waals surface area contributed by atoms with E-state index in [1.165, 1.54) is 6.92 Å². The standard InChI is InChI=1S/C11H15F3N2O2S/c1-7-3-4-8(2)10(9(7)15)19(17,18)16-6-5-11(12,13)14/h3-4,16H,5-6,15H2,1-2H3. The molecule has 0 heterocycles. The van der Waals surface area contributed by atoms with Gasteiger partial charge in [-0.3, -0.25) is 0 Å². The van der Waals surface area contributed by atoms with E-state index in [1.54, 1.807) is 19.1 Å². The van der Waals surface area contributed by atoms with Crippen molar-refractivity contribution in [3.05, 3.63) is 23.3 Å². The predicted octanol–water partition coefficient (Wildman–Crippen LogP) is 2.12. The zero-order valence-electron chi connectivity index (χ0n) is 10.5. The minimum absolute atomic E-state index is 0.0551. The third-order valence-corrected chi connectivity index (χ3v) is 4.24. The molecule has 0 fully saturated rings. The Hall–Kier alpha value is -1.28. The number of nitrogen functional groups attached to an aromatic ring is 1. The van der Waals surface area contributed by atoms with Crippen LogP contribution in [0.25, 0.3) is 0 Å². The highest BCUT2D eigenvalue weighted by molar-refractivity contribution is 7.89. The van der Waals surface area contributed by atoms with Crippen LogP contribution in [-0.4, -0.2) is 21.1 Å². The Labute approximate surface area is 109 Å². The number of anilines is 1. The lowest BCUT2D eigenvalue weighted by Gasteiger charge is -2.14. The molecular weight excluding hydrogens is 281 g/mol. The molecule has 0 radical (unpaired) electrons. The van der Waals surface area contributed by atoms with E-state index in [4.69, 9.17) is 5.73 Å². The van der Waals surface area contributed by atoms with Gasteiger partial charge in [0.1, 0.15) is 4.90 Å². The van der Waals surface area contributed by atoms with E-state index in [0.717, 1.165) is 0 Å². The summed E-state index contributed by atoms with van der Waals surface area (Å²) in [5.41, 5.74) is 6.69. The highest BCUT2D eigenvalue weighted by Gasteiger charge is 2.28. The SMILES string of the molecule is Cc1ccc(C)c(S(=O)(=O)NCCC(F)(F)F)c1N. The summed E-state index contributed by atoms with van der Waals surface area (Å²) < 4.78 is 61.8. The number of halogens is 3. The van der Waals surface area contributed by atoms with Crippen LogP contribution in [0.15, 0.2) is 17.0 Å². The monoisotopic (exact) mass is 296 g/mol. The first-order chi connectivity index (χ1) is 8.54. The molecule has 0 bridgehead atoms. The number of alkyl halides is 3. The van der Waals surface area contributed by atoms with Gasteiger partial charge >= 0.3 is 6.18 Å². The van der Waals surface area contributed by atoms with Crippen molar-refractivity contribution in [3.8, 4) is 0 Å². The molecule has 1 aromatic rings. The fourth-order valence-corrected chi connectivity index (χ4v) is 3.02. The Morgan fingerprint density at radius 3 is 2.26 bits per heavy atom. The number of rotatable bonds is 4. The van der Waals surface area contributed by atoms with Gasteiger partial charge in [-0.1, -0.05) is 12.1 Å². The van der Waals surface area contributed by atoms with E-state index in [2.05, 4.69) is 0 Å². The number of sulfonamides is 1. The number of hydrogen-bond acceptors (Lipinski definition) is 3. The molecule has 0 spiro atoms. The Balaban J connectivity index is 2.99. The van der Waals surface area contributed by atoms with E-state index in [-0.39, 0.29) is 10.6 Å². The number of hydrogen-bond donors (Lipinski definition) is 2. The lowest BCUT2D eigenvalue weighted by Crippen LogP contribution is -2.29. The van der Waals surface area contributed by atoms with Crippen molar-refractivity contribution in [1.82, 2.24) is 4.72 Å². The van der Waals surface area contributed by atoms with Crippen molar-refractivity contribution in [2.24, 2.45) is 0 Å². The molecule has 0 atom stereocenters. The quantitative estimate of drug-likeness (QED) is 0.836. The van der Waals surface area contributed by atoms with Gasteiger partial charge in [-0.05, 0) is 25.0 Å². The average molecular weight is 296 g/mol. The van der Waals surface area contributed by atoms with E-state index in [0.29, 0.717) is 11.1 Å². The lowest BCUT2D eigenvalue weighted by atomic mass is 10.1. The van der Waals surface area contributed by atoms with Gasteiger partial charge in [-0.25, -0.2) is 13.1 Å². The molecule has 0 aromatic heterocycles. The number of aryl methyl sites for hydroxylation is 2. The normalized spacial score (nSPS) is 12.7. The third-order valence-electron chi connectivity index (χ3n) is 2.58. The van der Waals surface area contributed by atoms with Gasteiger partial charge in [0.25, 0.3) is 0 Å². The van der Waals surface area contributed by atoms with Crippen molar-refractivity contribution in [2.75, 3.05) is 12.3 Å². The van der Waals surface area contributed by atoms with Crippen LogP contribution in [0.1, 0.15) is 17.5 Å². The van der Waals surface area contributed by atoms with Gasteiger partial charge < -0.3 is 5.73 Å². The fraction of sp³-hybridized carbons (Fsp3) is 0.455. The number of benzene rings is 1. The van der Waals surface area contributed by atoms with Gasteiger partial charge in [0, 0.05) is 6.54 Å². The molecule has 19 heavy (non-hydrogen) atoms. The molecule has 1 aromatic carbocycles. The van der Waals surface area contributed by atoms with Crippen molar-refractivity contribution in [1.29, 1.82) is 0 Å². The van der Waals surface area contributed by atoms with Crippen LogP contribution >= 0.6 is 0 Å². The van der Waals surface area contributed by atoms with Crippen molar-refractivity contribution in [3.63, 3.8) is 0 Å². The fourth-order valence-electron chi connectivity index (χ4n) is 1.56. The van der Waals surface area contributed by atoms with Crippen LogP contribution in [0.5, 0.6) is 0 Å². The van der Waals surface area contributed by atoms with Gasteiger partial charge in [-0.2, -0.15) is 13.2 Å². The molecule has 8 heteroatoms. The van der Waals surface area contributed by atoms with Gasteiger partial charge in [0.15, 0.2) is 0 Å². The topological polar surface area (TPSA) is 72.2 Å². The molecule has 1 rings (SSSR count). The Bertz CT molecular complexity index is 568. The van der Waals surface area contributed by atoms with Crippen LogP contribution in [0.2, 0.25) is 0 Å². The zero-order chi connectivity index (χ0) is 14.8. The Kier molecular flexibility index (Phi) is 4.46. The smallest absolute Gasteiger partial charge is 0.390 e. The molecule has 0 saturated heterocycles. The maximum Gasteiger partial charge on any atom is 0.390 e. The van der Waals surface area contributed by atoms with Gasteiger partial charge in [0.2, 0.25) is 10.0 Å². The molecule has 0 aliphatic carbocycles. The van der Waals surface area contributed by atoms with Gasteiger partial charge in [-0.15, -0.1) is 0 Å². The third kappa shape index (κ3) is 4.10. The summed E-state index contributed by atoms with van der Waals surface area (Å²) in [6.45, 7) is 2.45. The average Bonchev–Trinajstić information content (AvgIpc) is 2.21. The molecule has 4 nitrogen and oxygen atoms in total. The van der Waals surface area contributed by atoms with E-state index in [1.807, 2.05) is 4.72 Å². The second kappa shape index (κ2) is 5.38. The van der Waals surface area contributed by atoms with Crippen LogP contribution in [0.3, 0.4) is 0 Å². The molecular formula is C11H15F3N2O2S. The summed E-state index contributed by atoms with van der Waals surface area (Å²) in [6, 6.07) is 3.21. The Morgan fingerprint density at radius 2 is 1.74 bits per heavy atom. The minimum atomic E-state index is -4.41. The number of nitrogens with two attached hydrogens (primary N) is 1. The molecule has 108 valence electrons. The summed E-state index contributed by atoms with van der Waals surface area (Å²) in [7, 11) is -4.04. The predicted molar refractivity (Wildman–Crippen MR) is 66.2 cm³/mol. The van der Waals surface area contributed by atoms with Crippen LogP contribution < -0.4 is 10.5 Å². The van der Waals surface area contributed by atoms with Gasteiger partial charge in [0.05, 0.1) is 12.1 Å². The highest BCUT2D eigenvalue weighted by Crippen LogP contribution is 2.26. The maximum absolute atomic E-state index is 12.0. The van der Waals surface area contributed by atoms with E-state index < -0.39 is 29.2 Å². The van der Waals surface area contributed by atoms with Crippen molar-refractivity contribution < 1.29 is 21.6 Å². The summed E-state index contributed by atoms with van der Waals surface area (Å²) in [5, 5.41) is 0. The second-order valence-corrected chi connectivity index (χ2v) is 5.91. The highest BCUT2D eigenvalue weighted by atomic mass is 32.2. The van der Waals surface area contributed by atoms with Crippen molar-refractivity contribution >= 4 is 15.7 Å². The molecule has 0 saturated carbocycles. The summed E-state index contributed by atoms with van der Waals surface area (Å²) in [5.74, 6) is 0. The van der Waals surface area contributed by atoms with Crippen LogP contribution in [0, 0.1) is 13.8 Å². The Morgan fingerprint density at radius 1 is 1.21 bits per heavy atom. The van der Waals surface area contributed by atoms with E-state index in [9.17, 15) is 21.6 Å². The van der Waals surface area contributed by atoms with Crippen LogP contribution in [-0.2, 0) is 10.0 Å². The first-order valence-corrected chi connectivity index (χ1v) is 6.95. The lowest BCUT2D eigenvalue weighted by molar-refractivity contribution is -0.132. The minimum Gasteiger partial charge on any atom is -0.397 e. The van der Waals surface area contributed by atoms with E-state index >= 15 is 0 Å². The van der Waals surface area contributed by atoms with Crippen LogP contribution in [0.4, 0.5) is 18.9 Å². The summed E-state index contributed by atoms with van der Waals surface area (Å²) >= 11 is 0. The number of nitrogens with one attached hydrogen (secondary N) is 1. The molecule has 0 aliphatic heterocycles. The second-order valence-electron chi connectivity index (χ2n) is 4.21. The zero-order valence-corrected chi connectivity index (χ0v) is 11.3. The first-order valence-electron chi connectivity index (χ1n) is 5.46. The molecule has 0 aliphatic rings.